The quantitative estimate of drug-likeness (QED) is 0.812. The zero-order valence-corrected chi connectivity index (χ0v) is 10.5. The van der Waals surface area contributed by atoms with E-state index < -0.39 is 0 Å². The number of carbonyl (C=O) groups is 1. The van der Waals surface area contributed by atoms with E-state index in [0.717, 1.165) is 11.4 Å². The maximum Gasteiger partial charge on any atom is 0.414 e. The van der Waals surface area contributed by atoms with Crippen molar-refractivity contribution in [2.45, 2.75) is 26.3 Å². The molecule has 0 fully saturated rings. The van der Waals surface area contributed by atoms with Gasteiger partial charge in [0.05, 0.1) is 23.5 Å². The molecule has 1 heterocycles. The molecule has 1 N–H and O–H groups in total. The number of hydrogen-bond acceptors (Lipinski definition) is 3. The maximum absolute atomic E-state index is 12.1. The van der Waals surface area contributed by atoms with Crippen molar-refractivity contribution < 1.29 is 9.53 Å². The molecule has 1 amide bonds. The number of fused-ring (bicyclic) bond motifs is 1. The van der Waals surface area contributed by atoms with Gasteiger partial charge in [0.1, 0.15) is 0 Å². The summed E-state index contributed by atoms with van der Waals surface area (Å²) in [4.78, 5) is 13.8. The second-order valence-corrected chi connectivity index (χ2v) is 4.72. The van der Waals surface area contributed by atoms with Gasteiger partial charge in [-0.25, -0.2) is 4.79 Å². The number of hydrogen-bond donors (Lipinski definition) is 1. The van der Waals surface area contributed by atoms with Crippen LogP contribution in [0.5, 0.6) is 0 Å². The molecule has 2 rings (SSSR count). The normalized spacial score (nSPS) is 17.0. The molecule has 4 heteroatoms. The number of rotatable bonds is 1. The highest BCUT2D eigenvalue weighted by atomic mass is 16.6. The molecule has 0 aromatic heterocycles. The Hall–Kier alpha value is -1.71. The van der Waals surface area contributed by atoms with Crippen LogP contribution < -0.4 is 10.2 Å². The summed E-state index contributed by atoms with van der Waals surface area (Å²) in [5, 5.41) is 3.33. The molecule has 0 atom stereocenters. The molecule has 0 saturated heterocycles. The van der Waals surface area contributed by atoms with Gasteiger partial charge in [-0.3, -0.25) is 4.90 Å². The molecule has 17 heavy (non-hydrogen) atoms. The zero-order chi connectivity index (χ0) is 12.5. The summed E-state index contributed by atoms with van der Waals surface area (Å²) < 4.78 is 5.13. The van der Waals surface area contributed by atoms with Crippen LogP contribution in [0.4, 0.5) is 16.2 Å². The highest BCUT2D eigenvalue weighted by Crippen LogP contribution is 2.36. The number of benzene rings is 1. The first kappa shape index (κ1) is 11.8. The number of ether oxygens (including phenoxy) is 1. The van der Waals surface area contributed by atoms with Gasteiger partial charge in [0.15, 0.2) is 0 Å². The lowest BCUT2D eigenvalue weighted by atomic mass is 9.98. The number of nitrogens with one attached hydrogen (secondary N) is 1. The van der Waals surface area contributed by atoms with Gasteiger partial charge in [-0.15, -0.1) is 0 Å². The van der Waals surface area contributed by atoms with Crippen LogP contribution in [-0.2, 0) is 4.74 Å². The minimum Gasteiger partial charge on any atom is -0.449 e. The number of nitrogens with zero attached hydrogens (tertiary/aromatic N) is 1. The molecule has 1 aromatic carbocycles. The van der Waals surface area contributed by atoms with Crippen LogP contribution in [0, 0.1) is 0 Å². The van der Waals surface area contributed by atoms with Crippen molar-refractivity contribution in [3.05, 3.63) is 24.3 Å². The van der Waals surface area contributed by atoms with E-state index in [2.05, 4.69) is 5.32 Å². The van der Waals surface area contributed by atoms with E-state index in [1.807, 2.05) is 45.0 Å². The van der Waals surface area contributed by atoms with E-state index in [0.29, 0.717) is 13.2 Å². The molecule has 92 valence electrons. The van der Waals surface area contributed by atoms with E-state index in [1.165, 1.54) is 0 Å². The van der Waals surface area contributed by atoms with Crippen molar-refractivity contribution in [3.8, 4) is 0 Å². The zero-order valence-electron chi connectivity index (χ0n) is 10.5. The largest absolute Gasteiger partial charge is 0.449 e. The summed E-state index contributed by atoms with van der Waals surface area (Å²) in [6.07, 6.45) is -0.286. The van der Waals surface area contributed by atoms with Crippen LogP contribution in [0.3, 0.4) is 0 Å². The van der Waals surface area contributed by atoms with Crippen LogP contribution >= 0.6 is 0 Å². The fraction of sp³-hybridized carbons (Fsp3) is 0.462. The number of carbonyl (C=O) groups excluding carboxylic acids is 1. The Morgan fingerprint density at radius 3 is 2.88 bits per heavy atom. The topological polar surface area (TPSA) is 41.6 Å². The van der Waals surface area contributed by atoms with Gasteiger partial charge in [0.25, 0.3) is 0 Å². The molecule has 1 aliphatic heterocycles. The Kier molecular flexibility index (Phi) is 2.96. The summed E-state index contributed by atoms with van der Waals surface area (Å²) in [6, 6.07) is 7.78. The summed E-state index contributed by atoms with van der Waals surface area (Å²) in [5.74, 6) is 0. The molecule has 0 bridgehead atoms. The molecule has 0 aliphatic carbocycles. The van der Waals surface area contributed by atoms with Gasteiger partial charge in [0.2, 0.25) is 0 Å². The second-order valence-electron chi connectivity index (χ2n) is 4.72. The van der Waals surface area contributed by atoms with E-state index in [4.69, 9.17) is 4.74 Å². The molecule has 4 nitrogen and oxygen atoms in total. The monoisotopic (exact) mass is 234 g/mol. The van der Waals surface area contributed by atoms with Gasteiger partial charge in [-0.1, -0.05) is 12.1 Å². The van der Waals surface area contributed by atoms with Crippen molar-refractivity contribution in [2.75, 3.05) is 23.4 Å². The Balaban J connectivity index is 2.42. The highest BCUT2D eigenvalue weighted by Gasteiger charge is 2.37. The predicted octanol–water partition coefficient (Wildman–Crippen LogP) is 2.85. The molecular formula is C13H18N2O2. The number of anilines is 2. The van der Waals surface area contributed by atoms with Crippen molar-refractivity contribution in [1.82, 2.24) is 0 Å². The average molecular weight is 234 g/mol. The summed E-state index contributed by atoms with van der Waals surface area (Å²) in [7, 11) is 0. The van der Waals surface area contributed by atoms with Gasteiger partial charge in [-0.05, 0) is 32.9 Å². The van der Waals surface area contributed by atoms with Gasteiger partial charge >= 0.3 is 6.09 Å². The Labute approximate surface area is 102 Å². The minimum absolute atomic E-state index is 0.286. The lowest BCUT2D eigenvalue weighted by molar-refractivity contribution is 0.153. The minimum atomic E-state index is -0.291. The van der Waals surface area contributed by atoms with E-state index in [9.17, 15) is 4.79 Å². The molecule has 0 unspecified atom stereocenters. The van der Waals surface area contributed by atoms with Crippen LogP contribution in [-0.4, -0.2) is 24.8 Å². The SMILES string of the molecule is CCOC(=O)N1c2ccccc2NCC1(C)C. The van der Waals surface area contributed by atoms with Crippen LogP contribution in [0.15, 0.2) is 24.3 Å². The number of para-hydroxylation sites is 2. The predicted molar refractivity (Wildman–Crippen MR) is 68.5 cm³/mol. The van der Waals surface area contributed by atoms with Crippen molar-refractivity contribution in [2.24, 2.45) is 0 Å². The van der Waals surface area contributed by atoms with Crippen molar-refractivity contribution >= 4 is 17.5 Å². The van der Waals surface area contributed by atoms with E-state index >= 15 is 0 Å². The smallest absolute Gasteiger partial charge is 0.414 e. The summed E-state index contributed by atoms with van der Waals surface area (Å²) in [6.45, 7) is 6.96. The molecule has 0 spiro atoms. The fourth-order valence-corrected chi connectivity index (χ4v) is 2.07. The summed E-state index contributed by atoms with van der Waals surface area (Å²) in [5.41, 5.74) is 1.56. The van der Waals surface area contributed by atoms with Gasteiger partial charge < -0.3 is 10.1 Å². The van der Waals surface area contributed by atoms with E-state index in [1.54, 1.807) is 4.90 Å². The van der Waals surface area contributed by atoms with Crippen LogP contribution in [0.25, 0.3) is 0 Å². The van der Waals surface area contributed by atoms with Crippen molar-refractivity contribution in [1.29, 1.82) is 0 Å². The van der Waals surface area contributed by atoms with Crippen LogP contribution in [0.1, 0.15) is 20.8 Å². The third kappa shape index (κ3) is 2.07. The maximum atomic E-state index is 12.1. The van der Waals surface area contributed by atoms with Gasteiger partial charge in [0, 0.05) is 6.54 Å². The van der Waals surface area contributed by atoms with Crippen molar-refractivity contribution in [3.63, 3.8) is 0 Å². The van der Waals surface area contributed by atoms with Gasteiger partial charge in [-0.2, -0.15) is 0 Å². The lowest BCUT2D eigenvalue weighted by Crippen LogP contribution is -2.55. The lowest BCUT2D eigenvalue weighted by Gasteiger charge is -2.42. The first-order valence-corrected chi connectivity index (χ1v) is 5.86. The standard InChI is InChI=1S/C13H18N2O2/c1-4-17-12(16)15-11-8-6-5-7-10(11)14-9-13(15,2)3/h5-8,14H,4,9H2,1-3H3. The molecule has 0 radical (unpaired) electrons. The summed E-state index contributed by atoms with van der Waals surface area (Å²) >= 11 is 0. The molecule has 1 aliphatic rings. The Morgan fingerprint density at radius 1 is 1.47 bits per heavy atom. The Morgan fingerprint density at radius 2 is 2.18 bits per heavy atom. The number of amides is 1. The van der Waals surface area contributed by atoms with E-state index in [-0.39, 0.29) is 11.6 Å². The molecule has 0 saturated carbocycles. The third-order valence-electron chi connectivity index (χ3n) is 2.91. The first-order chi connectivity index (χ1) is 8.06. The first-order valence-electron chi connectivity index (χ1n) is 5.86. The third-order valence-corrected chi connectivity index (χ3v) is 2.91. The molecular weight excluding hydrogens is 216 g/mol. The average Bonchev–Trinajstić information content (AvgIpc) is 2.28. The van der Waals surface area contributed by atoms with Crippen LogP contribution in [0.2, 0.25) is 0 Å². The second kappa shape index (κ2) is 4.28. The Bertz CT molecular complexity index is 429. The highest BCUT2D eigenvalue weighted by molar-refractivity contribution is 5.95. The molecule has 1 aromatic rings. The fourth-order valence-electron chi connectivity index (χ4n) is 2.07.